The van der Waals surface area contributed by atoms with Crippen molar-refractivity contribution in [1.82, 2.24) is 0 Å². The normalized spacial score (nSPS) is 12.0. The molecule has 0 amide bonds. The molecular weight excluding hydrogens is 304 g/mol. The summed E-state index contributed by atoms with van der Waals surface area (Å²) in [5, 5.41) is 17.4. The van der Waals surface area contributed by atoms with Crippen molar-refractivity contribution < 1.29 is 19.8 Å². The van der Waals surface area contributed by atoms with Crippen LogP contribution in [0.5, 0.6) is 0 Å². The molecule has 0 radical (unpaired) electrons. The van der Waals surface area contributed by atoms with Crippen LogP contribution in [0.4, 0.5) is 0 Å². The van der Waals surface area contributed by atoms with E-state index in [0.29, 0.717) is 0 Å². The maximum atomic E-state index is 10.8. The van der Waals surface area contributed by atoms with E-state index in [4.69, 9.17) is 10.2 Å². The Morgan fingerprint density at radius 1 is 0.750 bits per heavy atom. The van der Waals surface area contributed by atoms with Crippen LogP contribution >= 0.6 is 0 Å². The predicted molar refractivity (Wildman–Crippen MR) is 98.2 cm³/mol. The van der Waals surface area contributed by atoms with Gasteiger partial charge in [-0.15, -0.1) is 0 Å². The summed E-state index contributed by atoms with van der Waals surface area (Å²) in [4.78, 5) is 21.3. The van der Waals surface area contributed by atoms with E-state index in [0.717, 1.165) is 25.3 Å². The van der Waals surface area contributed by atoms with Gasteiger partial charge in [0.25, 0.3) is 0 Å². The lowest BCUT2D eigenvalue weighted by Crippen LogP contribution is -2.01. The van der Waals surface area contributed by atoms with E-state index >= 15 is 0 Å². The van der Waals surface area contributed by atoms with E-state index in [1.165, 1.54) is 70.3 Å². The standard InChI is InChI=1S/C20H34O4/c1-2-3-4-5-6-7-8-9-10-11-12-13-14-15-16-18(20(23)24)17-19(21)22/h15-17H,2-14H2,1H3,(H,21,22)(H,23,24)/b16-15+,18-17-. The van der Waals surface area contributed by atoms with E-state index in [9.17, 15) is 9.59 Å². The molecule has 0 fully saturated rings. The number of carboxylic acids is 2. The molecule has 0 aliphatic carbocycles. The number of hydrogen-bond donors (Lipinski definition) is 2. The van der Waals surface area contributed by atoms with Gasteiger partial charge in [-0.3, -0.25) is 0 Å². The fourth-order valence-corrected chi connectivity index (χ4v) is 2.63. The quantitative estimate of drug-likeness (QED) is 0.214. The molecule has 0 heterocycles. The molecule has 4 heteroatoms. The zero-order valence-electron chi connectivity index (χ0n) is 15.1. The number of carboxylic acid groups (broad SMARTS) is 2. The summed E-state index contributed by atoms with van der Waals surface area (Å²) in [6.07, 6.45) is 20.2. The maximum Gasteiger partial charge on any atom is 0.335 e. The maximum absolute atomic E-state index is 10.8. The van der Waals surface area contributed by atoms with Gasteiger partial charge < -0.3 is 10.2 Å². The zero-order chi connectivity index (χ0) is 18.0. The first-order valence-electron chi connectivity index (χ1n) is 9.42. The van der Waals surface area contributed by atoms with E-state index < -0.39 is 11.9 Å². The Balaban J connectivity index is 3.49. The van der Waals surface area contributed by atoms with Crippen molar-refractivity contribution in [3.05, 3.63) is 23.8 Å². The molecule has 24 heavy (non-hydrogen) atoms. The van der Waals surface area contributed by atoms with Crippen molar-refractivity contribution in [2.24, 2.45) is 0 Å². The number of carbonyl (C=O) groups is 2. The third kappa shape index (κ3) is 15.3. The van der Waals surface area contributed by atoms with Crippen molar-refractivity contribution in [2.75, 3.05) is 0 Å². The summed E-state index contributed by atoms with van der Waals surface area (Å²) in [6.45, 7) is 2.24. The van der Waals surface area contributed by atoms with Crippen LogP contribution in [0.3, 0.4) is 0 Å². The molecule has 0 aliphatic heterocycles. The molecule has 0 unspecified atom stereocenters. The van der Waals surface area contributed by atoms with Crippen LogP contribution in [0.1, 0.15) is 90.4 Å². The monoisotopic (exact) mass is 338 g/mol. The van der Waals surface area contributed by atoms with Gasteiger partial charge in [0.1, 0.15) is 0 Å². The van der Waals surface area contributed by atoms with Crippen LogP contribution in [-0.4, -0.2) is 22.2 Å². The highest BCUT2D eigenvalue weighted by Crippen LogP contribution is 2.12. The lowest BCUT2D eigenvalue weighted by atomic mass is 10.0. The number of unbranched alkanes of at least 4 members (excludes halogenated alkanes) is 12. The fourth-order valence-electron chi connectivity index (χ4n) is 2.63. The minimum absolute atomic E-state index is 0.179. The molecule has 0 aromatic rings. The Morgan fingerprint density at radius 2 is 1.21 bits per heavy atom. The van der Waals surface area contributed by atoms with E-state index in [2.05, 4.69) is 6.92 Å². The van der Waals surface area contributed by atoms with Gasteiger partial charge in [0.2, 0.25) is 0 Å². The average molecular weight is 338 g/mol. The molecule has 0 aliphatic rings. The van der Waals surface area contributed by atoms with Crippen LogP contribution in [-0.2, 0) is 9.59 Å². The minimum atomic E-state index is -1.23. The lowest BCUT2D eigenvalue weighted by Gasteiger charge is -2.02. The molecule has 2 N–H and O–H groups in total. The molecule has 0 atom stereocenters. The third-order valence-electron chi connectivity index (χ3n) is 4.05. The smallest absolute Gasteiger partial charge is 0.335 e. The number of hydrogen-bond acceptors (Lipinski definition) is 2. The SMILES string of the molecule is CCCCCCCCCCCCCC/C=C/C(=C/C(=O)O)C(=O)O. The number of allylic oxidation sites excluding steroid dienone is 1. The molecule has 0 aromatic carbocycles. The summed E-state index contributed by atoms with van der Waals surface area (Å²) in [5.74, 6) is -2.44. The molecule has 0 spiro atoms. The van der Waals surface area contributed by atoms with E-state index in [1.807, 2.05) is 0 Å². The van der Waals surface area contributed by atoms with E-state index in [-0.39, 0.29) is 5.57 Å². The first-order chi connectivity index (χ1) is 11.6. The summed E-state index contributed by atoms with van der Waals surface area (Å²) in [7, 11) is 0. The minimum Gasteiger partial charge on any atom is -0.478 e. The van der Waals surface area contributed by atoms with Crippen LogP contribution in [0.25, 0.3) is 0 Å². The summed E-state index contributed by atoms with van der Waals surface area (Å²) in [5.41, 5.74) is -0.179. The van der Waals surface area contributed by atoms with Gasteiger partial charge in [0.15, 0.2) is 0 Å². The molecule has 0 aromatic heterocycles. The Kier molecular flexibility index (Phi) is 15.2. The summed E-state index contributed by atoms with van der Waals surface area (Å²) in [6, 6.07) is 0. The zero-order valence-corrected chi connectivity index (χ0v) is 15.1. The predicted octanol–water partition coefficient (Wildman–Crippen LogP) is 5.73. The highest BCUT2D eigenvalue weighted by Gasteiger charge is 2.04. The van der Waals surface area contributed by atoms with E-state index in [1.54, 1.807) is 6.08 Å². The third-order valence-corrected chi connectivity index (χ3v) is 4.05. The topological polar surface area (TPSA) is 74.6 Å². The van der Waals surface area contributed by atoms with Crippen molar-refractivity contribution in [1.29, 1.82) is 0 Å². The second-order valence-electron chi connectivity index (χ2n) is 6.32. The Bertz CT molecular complexity index is 396. The van der Waals surface area contributed by atoms with Crippen molar-refractivity contribution >= 4 is 11.9 Å². The first kappa shape index (κ1) is 22.4. The lowest BCUT2D eigenvalue weighted by molar-refractivity contribution is -0.134. The van der Waals surface area contributed by atoms with Gasteiger partial charge in [-0.05, 0) is 12.8 Å². The van der Waals surface area contributed by atoms with Crippen molar-refractivity contribution in [2.45, 2.75) is 90.4 Å². The highest BCUT2D eigenvalue weighted by molar-refractivity contribution is 5.96. The Morgan fingerprint density at radius 3 is 1.62 bits per heavy atom. The van der Waals surface area contributed by atoms with Crippen molar-refractivity contribution in [3.63, 3.8) is 0 Å². The highest BCUT2D eigenvalue weighted by atomic mass is 16.4. The second-order valence-corrected chi connectivity index (χ2v) is 6.32. The van der Waals surface area contributed by atoms with Crippen molar-refractivity contribution in [3.8, 4) is 0 Å². The summed E-state index contributed by atoms with van der Waals surface area (Å²) < 4.78 is 0. The Hall–Kier alpha value is -1.58. The molecule has 0 rings (SSSR count). The first-order valence-corrected chi connectivity index (χ1v) is 9.42. The molecule has 0 bridgehead atoms. The van der Waals surface area contributed by atoms with Gasteiger partial charge in [-0.2, -0.15) is 0 Å². The summed E-state index contributed by atoms with van der Waals surface area (Å²) >= 11 is 0. The Labute approximate surface area is 146 Å². The van der Waals surface area contributed by atoms with Gasteiger partial charge >= 0.3 is 11.9 Å². The fraction of sp³-hybridized carbons (Fsp3) is 0.700. The van der Waals surface area contributed by atoms with Gasteiger partial charge in [0, 0.05) is 6.08 Å². The van der Waals surface area contributed by atoms with Crippen LogP contribution in [0, 0.1) is 0 Å². The second kappa shape index (κ2) is 16.3. The van der Waals surface area contributed by atoms with Gasteiger partial charge in [-0.1, -0.05) is 89.7 Å². The average Bonchev–Trinajstić information content (AvgIpc) is 2.53. The van der Waals surface area contributed by atoms with Crippen LogP contribution in [0.15, 0.2) is 23.8 Å². The largest absolute Gasteiger partial charge is 0.478 e. The van der Waals surface area contributed by atoms with Crippen LogP contribution < -0.4 is 0 Å². The molecule has 138 valence electrons. The van der Waals surface area contributed by atoms with Crippen LogP contribution in [0.2, 0.25) is 0 Å². The molecule has 0 saturated carbocycles. The number of aliphatic carboxylic acids is 2. The molecular formula is C20H34O4. The molecule has 4 nitrogen and oxygen atoms in total. The molecule has 0 saturated heterocycles. The number of rotatable bonds is 16. The van der Waals surface area contributed by atoms with Gasteiger partial charge in [0.05, 0.1) is 5.57 Å². The van der Waals surface area contributed by atoms with Gasteiger partial charge in [-0.25, -0.2) is 9.59 Å².